The van der Waals surface area contributed by atoms with E-state index in [4.69, 9.17) is 0 Å². The van der Waals surface area contributed by atoms with Gasteiger partial charge < -0.3 is 5.32 Å². The van der Waals surface area contributed by atoms with Crippen LogP contribution in [0.2, 0.25) is 0 Å². The van der Waals surface area contributed by atoms with Crippen LogP contribution in [0.15, 0.2) is 18.2 Å². The summed E-state index contributed by atoms with van der Waals surface area (Å²) in [6.07, 6.45) is 2.52. The molecule has 0 unspecified atom stereocenters. The number of nitrogens with one attached hydrogen (secondary N) is 2. The smallest absolute Gasteiger partial charge is 0.234 e. The van der Waals surface area contributed by atoms with E-state index in [-0.39, 0.29) is 24.3 Å². The van der Waals surface area contributed by atoms with E-state index in [2.05, 4.69) is 10.0 Å². The first-order valence-electron chi connectivity index (χ1n) is 7.94. The summed E-state index contributed by atoms with van der Waals surface area (Å²) in [4.78, 5) is 14.0. The number of rotatable bonds is 6. The predicted octanol–water partition coefficient (Wildman–Crippen LogP) is 0.764. The highest BCUT2D eigenvalue weighted by Crippen LogP contribution is 2.11. The maximum Gasteiger partial charge on any atom is 0.234 e. The Balaban J connectivity index is 1.72. The van der Waals surface area contributed by atoms with Crippen LogP contribution in [0.25, 0.3) is 0 Å². The van der Waals surface area contributed by atoms with Crippen molar-refractivity contribution in [3.8, 4) is 0 Å². The largest absolute Gasteiger partial charge is 0.351 e. The summed E-state index contributed by atoms with van der Waals surface area (Å²) < 4.78 is 38.5. The third-order valence-electron chi connectivity index (χ3n) is 4.06. The monoisotopic (exact) mass is 357 g/mol. The number of carbonyl (C=O) groups excluding carboxylic acids is 1. The number of hydrogen-bond donors (Lipinski definition) is 2. The molecule has 134 valence electrons. The fraction of sp³-hybridized carbons (Fsp3) is 0.562. The Morgan fingerprint density at radius 2 is 2.00 bits per heavy atom. The first-order valence-corrected chi connectivity index (χ1v) is 9.83. The molecule has 6 nitrogen and oxygen atoms in total. The standard InChI is InChI=1S/C16H24FN3O3S/c1-12-3-4-13(9-15(12)17)10-18-16(21)11-20-7-5-14(6-8-20)19-24(2,22)23/h3-4,9,14,19H,5-8,10-11H2,1-2H3,(H,18,21). The van der Waals surface area contributed by atoms with Gasteiger partial charge in [-0.05, 0) is 37.0 Å². The topological polar surface area (TPSA) is 78.5 Å². The summed E-state index contributed by atoms with van der Waals surface area (Å²) in [6, 6.07) is 4.85. The van der Waals surface area contributed by atoms with E-state index in [1.165, 1.54) is 6.07 Å². The van der Waals surface area contributed by atoms with Crippen LogP contribution in [0.5, 0.6) is 0 Å². The number of sulfonamides is 1. The summed E-state index contributed by atoms with van der Waals surface area (Å²) in [5, 5.41) is 2.78. The number of nitrogens with zero attached hydrogens (tertiary/aromatic N) is 1. The van der Waals surface area contributed by atoms with E-state index >= 15 is 0 Å². The molecule has 2 N–H and O–H groups in total. The van der Waals surface area contributed by atoms with Crippen LogP contribution in [-0.4, -0.2) is 51.2 Å². The summed E-state index contributed by atoms with van der Waals surface area (Å²) in [7, 11) is -3.19. The van der Waals surface area contributed by atoms with E-state index < -0.39 is 10.0 Å². The predicted molar refractivity (Wildman–Crippen MR) is 90.4 cm³/mol. The molecule has 1 aromatic rings. The molecule has 0 saturated carbocycles. The first kappa shape index (κ1) is 18.8. The molecular formula is C16H24FN3O3S. The molecule has 1 aromatic carbocycles. The van der Waals surface area contributed by atoms with Crippen LogP contribution in [0.1, 0.15) is 24.0 Å². The second-order valence-electron chi connectivity index (χ2n) is 6.30. The van der Waals surface area contributed by atoms with Crippen molar-refractivity contribution in [1.82, 2.24) is 14.9 Å². The second kappa shape index (κ2) is 8.04. The minimum Gasteiger partial charge on any atom is -0.351 e. The van der Waals surface area contributed by atoms with Crippen molar-refractivity contribution in [2.24, 2.45) is 0 Å². The van der Waals surface area contributed by atoms with Crippen molar-refractivity contribution in [2.75, 3.05) is 25.9 Å². The van der Waals surface area contributed by atoms with E-state index in [0.717, 1.165) is 11.8 Å². The van der Waals surface area contributed by atoms with Gasteiger partial charge in [0.25, 0.3) is 0 Å². The Morgan fingerprint density at radius 3 is 2.58 bits per heavy atom. The Kier molecular flexibility index (Phi) is 6.31. The van der Waals surface area contributed by atoms with Gasteiger partial charge in [0, 0.05) is 25.7 Å². The zero-order valence-corrected chi connectivity index (χ0v) is 14.8. The molecule has 1 amide bonds. The minimum atomic E-state index is -3.19. The molecule has 8 heteroatoms. The van der Waals surface area contributed by atoms with Crippen LogP contribution in [-0.2, 0) is 21.4 Å². The quantitative estimate of drug-likeness (QED) is 0.788. The molecule has 1 aliphatic heterocycles. The van der Waals surface area contributed by atoms with Gasteiger partial charge in [0.1, 0.15) is 5.82 Å². The number of aryl methyl sites for hydroxylation is 1. The van der Waals surface area contributed by atoms with Crippen molar-refractivity contribution in [2.45, 2.75) is 32.4 Å². The molecule has 1 fully saturated rings. The summed E-state index contributed by atoms with van der Waals surface area (Å²) >= 11 is 0. The Hall–Kier alpha value is -1.51. The van der Waals surface area contributed by atoms with Crippen LogP contribution in [0.3, 0.4) is 0 Å². The van der Waals surface area contributed by atoms with Gasteiger partial charge in [-0.1, -0.05) is 12.1 Å². The highest BCUT2D eigenvalue weighted by Gasteiger charge is 2.22. The molecule has 2 rings (SSSR count). The number of hydrogen-bond acceptors (Lipinski definition) is 4. The number of halogens is 1. The molecule has 1 saturated heterocycles. The van der Waals surface area contributed by atoms with Gasteiger partial charge >= 0.3 is 0 Å². The van der Waals surface area contributed by atoms with Crippen molar-refractivity contribution >= 4 is 15.9 Å². The van der Waals surface area contributed by atoms with E-state index in [9.17, 15) is 17.6 Å². The van der Waals surface area contributed by atoms with Crippen LogP contribution < -0.4 is 10.0 Å². The maximum atomic E-state index is 13.5. The van der Waals surface area contributed by atoms with Gasteiger partial charge in [-0.3, -0.25) is 9.69 Å². The van der Waals surface area contributed by atoms with Gasteiger partial charge in [0.15, 0.2) is 0 Å². The molecule has 0 aliphatic carbocycles. The fourth-order valence-corrected chi connectivity index (χ4v) is 3.56. The zero-order chi connectivity index (χ0) is 17.7. The Morgan fingerprint density at radius 1 is 1.33 bits per heavy atom. The van der Waals surface area contributed by atoms with Gasteiger partial charge in [0.05, 0.1) is 12.8 Å². The van der Waals surface area contributed by atoms with Gasteiger partial charge in [-0.15, -0.1) is 0 Å². The SMILES string of the molecule is Cc1ccc(CNC(=O)CN2CCC(NS(C)(=O)=O)CC2)cc1F. The van der Waals surface area contributed by atoms with Gasteiger partial charge in [0.2, 0.25) is 15.9 Å². The van der Waals surface area contributed by atoms with Crippen molar-refractivity contribution in [3.63, 3.8) is 0 Å². The lowest BCUT2D eigenvalue weighted by atomic mass is 10.1. The Bertz CT molecular complexity index is 686. The molecule has 24 heavy (non-hydrogen) atoms. The van der Waals surface area contributed by atoms with E-state index in [1.54, 1.807) is 19.1 Å². The average molecular weight is 357 g/mol. The number of amides is 1. The highest BCUT2D eigenvalue weighted by atomic mass is 32.2. The van der Waals surface area contributed by atoms with E-state index in [0.29, 0.717) is 38.0 Å². The lowest BCUT2D eigenvalue weighted by Gasteiger charge is -2.31. The molecule has 0 spiro atoms. The highest BCUT2D eigenvalue weighted by molar-refractivity contribution is 7.88. The van der Waals surface area contributed by atoms with Crippen LogP contribution in [0, 0.1) is 12.7 Å². The Labute approximate surface area is 142 Å². The summed E-state index contributed by atoms with van der Waals surface area (Å²) in [5.74, 6) is -0.396. The minimum absolute atomic E-state index is 0.0603. The third-order valence-corrected chi connectivity index (χ3v) is 4.82. The zero-order valence-electron chi connectivity index (χ0n) is 14.0. The maximum absolute atomic E-state index is 13.5. The molecule has 0 atom stereocenters. The van der Waals surface area contributed by atoms with Crippen molar-refractivity contribution in [1.29, 1.82) is 0 Å². The molecule has 1 heterocycles. The average Bonchev–Trinajstić information content (AvgIpc) is 2.49. The third kappa shape index (κ3) is 6.18. The molecule has 0 aromatic heterocycles. The molecule has 1 aliphatic rings. The lowest BCUT2D eigenvalue weighted by Crippen LogP contribution is -2.47. The molecular weight excluding hydrogens is 333 g/mol. The number of benzene rings is 1. The molecule has 0 radical (unpaired) electrons. The van der Waals surface area contributed by atoms with Crippen LogP contribution >= 0.6 is 0 Å². The lowest BCUT2D eigenvalue weighted by molar-refractivity contribution is -0.122. The summed E-state index contributed by atoms with van der Waals surface area (Å²) in [6.45, 7) is 3.58. The van der Waals surface area contributed by atoms with Gasteiger partial charge in [-0.25, -0.2) is 17.5 Å². The number of carbonyl (C=O) groups is 1. The van der Waals surface area contributed by atoms with E-state index in [1.807, 2.05) is 4.90 Å². The van der Waals surface area contributed by atoms with Gasteiger partial charge in [-0.2, -0.15) is 0 Å². The second-order valence-corrected chi connectivity index (χ2v) is 8.08. The number of piperidine rings is 1. The van der Waals surface area contributed by atoms with Crippen LogP contribution in [0.4, 0.5) is 4.39 Å². The summed E-state index contributed by atoms with van der Waals surface area (Å²) in [5.41, 5.74) is 1.30. The molecule has 0 bridgehead atoms. The van der Waals surface area contributed by atoms with Crippen molar-refractivity contribution < 1.29 is 17.6 Å². The first-order chi connectivity index (χ1) is 11.2. The normalized spacial score (nSPS) is 17.0. The van der Waals surface area contributed by atoms with Crippen molar-refractivity contribution in [3.05, 3.63) is 35.1 Å². The number of likely N-dealkylation sites (tertiary alicyclic amines) is 1. The fourth-order valence-electron chi connectivity index (χ4n) is 2.72.